The Hall–Kier alpha value is -1.29. The van der Waals surface area contributed by atoms with Crippen molar-refractivity contribution >= 4 is 5.78 Å². The second kappa shape index (κ2) is 5.78. The van der Waals surface area contributed by atoms with Gasteiger partial charge in [0.15, 0.2) is 5.78 Å². The highest BCUT2D eigenvalue weighted by Gasteiger charge is 2.25. The van der Waals surface area contributed by atoms with Crippen molar-refractivity contribution in [3.63, 3.8) is 0 Å². The van der Waals surface area contributed by atoms with Crippen molar-refractivity contribution in [3.8, 4) is 0 Å². The molecule has 1 heterocycles. The van der Waals surface area contributed by atoms with Crippen LogP contribution in [0.15, 0.2) is 18.2 Å². The Morgan fingerprint density at radius 2 is 1.74 bits per heavy atom. The van der Waals surface area contributed by atoms with E-state index >= 15 is 0 Å². The molecule has 1 saturated heterocycles. The molecule has 1 fully saturated rings. The van der Waals surface area contributed by atoms with E-state index in [0.717, 1.165) is 31.6 Å². The SMILES string of the molecule is CC1CC(C)CN(CC(=O)c2c(F)cccc2F)C1. The second-order valence-electron chi connectivity index (χ2n) is 5.66. The van der Waals surface area contributed by atoms with Crippen LogP contribution in [0.1, 0.15) is 30.6 Å². The summed E-state index contributed by atoms with van der Waals surface area (Å²) in [5.74, 6) is -0.993. The van der Waals surface area contributed by atoms with E-state index in [2.05, 4.69) is 13.8 Å². The summed E-state index contributed by atoms with van der Waals surface area (Å²) in [7, 11) is 0. The smallest absolute Gasteiger partial charge is 0.182 e. The molecule has 1 aromatic rings. The minimum atomic E-state index is -0.775. The quantitative estimate of drug-likeness (QED) is 0.784. The van der Waals surface area contributed by atoms with Crippen LogP contribution in [0.25, 0.3) is 0 Å². The van der Waals surface area contributed by atoms with Gasteiger partial charge >= 0.3 is 0 Å². The Kier molecular flexibility index (Phi) is 4.30. The predicted molar refractivity (Wildman–Crippen MR) is 70.1 cm³/mol. The van der Waals surface area contributed by atoms with E-state index in [0.29, 0.717) is 11.8 Å². The maximum atomic E-state index is 13.5. The Morgan fingerprint density at radius 1 is 1.21 bits per heavy atom. The minimum Gasteiger partial charge on any atom is -0.295 e. The summed E-state index contributed by atoms with van der Waals surface area (Å²) >= 11 is 0. The highest BCUT2D eigenvalue weighted by Crippen LogP contribution is 2.21. The molecule has 0 saturated carbocycles. The van der Waals surface area contributed by atoms with Gasteiger partial charge < -0.3 is 0 Å². The number of halogens is 2. The van der Waals surface area contributed by atoms with Crippen LogP contribution in [0.2, 0.25) is 0 Å². The third-order valence-electron chi connectivity index (χ3n) is 3.55. The molecule has 2 unspecified atom stereocenters. The fourth-order valence-electron chi connectivity index (χ4n) is 2.97. The molecule has 0 bridgehead atoms. The van der Waals surface area contributed by atoms with Crippen molar-refractivity contribution in [2.45, 2.75) is 20.3 Å². The molecule has 1 aliphatic rings. The van der Waals surface area contributed by atoms with Crippen molar-refractivity contribution in [1.82, 2.24) is 4.90 Å². The van der Waals surface area contributed by atoms with E-state index in [1.807, 2.05) is 4.90 Å². The van der Waals surface area contributed by atoms with Crippen LogP contribution >= 0.6 is 0 Å². The van der Waals surface area contributed by atoms with Gasteiger partial charge in [0.2, 0.25) is 0 Å². The maximum Gasteiger partial charge on any atom is 0.182 e. The van der Waals surface area contributed by atoms with Crippen LogP contribution in [-0.4, -0.2) is 30.3 Å². The molecule has 0 N–H and O–H groups in total. The fourth-order valence-corrected chi connectivity index (χ4v) is 2.97. The molecule has 0 radical (unpaired) electrons. The topological polar surface area (TPSA) is 20.3 Å². The molecule has 1 aromatic carbocycles. The Bertz CT molecular complexity index is 445. The summed E-state index contributed by atoms with van der Waals surface area (Å²) in [6, 6.07) is 3.52. The van der Waals surface area contributed by atoms with Gasteiger partial charge in [-0.05, 0) is 30.4 Å². The van der Waals surface area contributed by atoms with E-state index in [-0.39, 0.29) is 6.54 Å². The monoisotopic (exact) mass is 267 g/mol. The van der Waals surface area contributed by atoms with Gasteiger partial charge in [-0.25, -0.2) is 8.78 Å². The number of hydrogen-bond donors (Lipinski definition) is 0. The van der Waals surface area contributed by atoms with Crippen LogP contribution in [0.5, 0.6) is 0 Å². The highest BCUT2D eigenvalue weighted by atomic mass is 19.1. The lowest BCUT2D eigenvalue weighted by Gasteiger charge is -2.34. The summed E-state index contributed by atoms with van der Waals surface area (Å²) in [6.45, 7) is 5.98. The van der Waals surface area contributed by atoms with Crippen molar-refractivity contribution in [1.29, 1.82) is 0 Å². The average Bonchev–Trinajstić information content (AvgIpc) is 2.26. The van der Waals surface area contributed by atoms with E-state index in [1.165, 1.54) is 6.07 Å². The Balaban J connectivity index is 2.09. The van der Waals surface area contributed by atoms with Crippen molar-refractivity contribution < 1.29 is 13.6 Å². The number of ketones is 1. The molecule has 4 heteroatoms. The van der Waals surface area contributed by atoms with E-state index < -0.39 is 23.0 Å². The van der Waals surface area contributed by atoms with Crippen LogP contribution in [0.4, 0.5) is 8.78 Å². The molecule has 0 amide bonds. The lowest BCUT2D eigenvalue weighted by Crippen LogP contribution is -2.41. The van der Waals surface area contributed by atoms with Gasteiger partial charge in [0.05, 0.1) is 12.1 Å². The predicted octanol–water partition coefficient (Wildman–Crippen LogP) is 3.13. The molecule has 2 atom stereocenters. The normalized spacial score (nSPS) is 24.4. The molecule has 104 valence electrons. The van der Waals surface area contributed by atoms with Crippen LogP contribution < -0.4 is 0 Å². The summed E-state index contributed by atoms with van der Waals surface area (Å²) in [5, 5.41) is 0. The molecular formula is C15H19F2NO. The average molecular weight is 267 g/mol. The van der Waals surface area contributed by atoms with E-state index in [4.69, 9.17) is 0 Å². The molecular weight excluding hydrogens is 248 g/mol. The number of benzene rings is 1. The van der Waals surface area contributed by atoms with Crippen molar-refractivity contribution in [3.05, 3.63) is 35.4 Å². The first-order valence-corrected chi connectivity index (χ1v) is 6.67. The number of hydrogen-bond acceptors (Lipinski definition) is 2. The first-order valence-electron chi connectivity index (χ1n) is 6.67. The first kappa shape index (κ1) is 14.1. The minimum absolute atomic E-state index is 0.0898. The van der Waals surface area contributed by atoms with Crippen LogP contribution in [0.3, 0.4) is 0 Å². The third kappa shape index (κ3) is 3.38. The number of piperidine rings is 1. The zero-order valence-corrected chi connectivity index (χ0v) is 11.3. The van der Waals surface area contributed by atoms with Gasteiger partial charge in [-0.1, -0.05) is 19.9 Å². The van der Waals surface area contributed by atoms with Gasteiger partial charge in [0.25, 0.3) is 0 Å². The molecule has 0 spiro atoms. The van der Waals surface area contributed by atoms with Gasteiger partial charge in [0, 0.05) is 13.1 Å². The largest absolute Gasteiger partial charge is 0.295 e. The number of Topliss-reactive ketones (excluding diaryl/α,β-unsaturated/α-hetero) is 1. The van der Waals surface area contributed by atoms with Gasteiger partial charge in [0.1, 0.15) is 11.6 Å². The Morgan fingerprint density at radius 3 is 2.26 bits per heavy atom. The van der Waals surface area contributed by atoms with Gasteiger partial charge in [-0.15, -0.1) is 0 Å². The zero-order valence-electron chi connectivity index (χ0n) is 11.3. The number of rotatable bonds is 3. The summed E-state index contributed by atoms with van der Waals surface area (Å²) < 4.78 is 27.1. The second-order valence-corrected chi connectivity index (χ2v) is 5.66. The summed E-state index contributed by atoms with van der Waals surface area (Å²) in [4.78, 5) is 14.0. The van der Waals surface area contributed by atoms with E-state index in [1.54, 1.807) is 0 Å². The molecule has 2 nitrogen and oxygen atoms in total. The van der Waals surface area contributed by atoms with Crippen molar-refractivity contribution in [2.75, 3.05) is 19.6 Å². The molecule has 0 aliphatic carbocycles. The fraction of sp³-hybridized carbons (Fsp3) is 0.533. The standard InChI is InChI=1S/C15H19F2NO/c1-10-6-11(2)8-18(7-10)9-14(19)15-12(16)4-3-5-13(15)17/h3-5,10-11H,6-9H2,1-2H3. The lowest BCUT2D eigenvalue weighted by molar-refractivity contribution is 0.0841. The first-order chi connectivity index (χ1) is 8.97. The molecule has 2 rings (SSSR count). The maximum absolute atomic E-state index is 13.5. The number of likely N-dealkylation sites (tertiary alicyclic amines) is 1. The molecule has 19 heavy (non-hydrogen) atoms. The molecule has 0 aromatic heterocycles. The van der Waals surface area contributed by atoms with Crippen LogP contribution in [-0.2, 0) is 0 Å². The zero-order chi connectivity index (χ0) is 14.0. The highest BCUT2D eigenvalue weighted by molar-refractivity contribution is 5.98. The Labute approximate surface area is 112 Å². The number of nitrogens with zero attached hydrogens (tertiary/aromatic N) is 1. The van der Waals surface area contributed by atoms with E-state index in [9.17, 15) is 13.6 Å². The van der Waals surface area contributed by atoms with Gasteiger partial charge in [-0.3, -0.25) is 9.69 Å². The van der Waals surface area contributed by atoms with Crippen molar-refractivity contribution in [2.24, 2.45) is 11.8 Å². The van der Waals surface area contributed by atoms with Gasteiger partial charge in [-0.2, -0.15) is 0 Å². The molecule has 1 aliphatic heterocycles. The third-order valence-corrected chi connectivity index (χ3v) is 3.55. The summed E-state index contributed by atoms with van der Waals surface area (Å²) in [6.07, 6.45) is 1.14. The number of carbonyl (C=O) groups excluding carboxylic acids is 1. The lowest BCUT2D eigenvalue weighted by atomic mass is 9.91. The summed E-state index contributed by atoms with van der Waals surface area (Å²) in [5.41, 5.74) is -0.409. The number of carbonyl (C=O) groups is 1. The van der Waals surface area contributed by atoms with Crippen LogP contribution in [0, 0.1) is 23.5 Å².